The van der Waals surface area contributed by atoms with Gasteiger partial charge in [-0.15, -0.1) is 0 Å². The smallest absolute Gasteiger partial charge is 0.231 e. The molecule has 0 spiro atoms. The molecule has 5 heteroatoms. The molecule has 1 aliphatic heterocycles. The third kappa shape index (κ3) is 3.09. The summed E-state index contributed by atoms with van der Waals surface area (Å²) in [5, 5.41) is 11.3. The second kappa shape index (κ2) is 6.59. The summed E-state index contributed by atoms with van der Waals surface area (Å²) in [6, 6.07) is 16.1. The van der Waals surface area contributed by atoms with Crippen molar-refractivity contribution in [2.45, 2.75) is 25.3 Å². The molecule has 2 N–H and O–H groups in total. The summed E-state index contributed by atoms with van der Waals surface area (Å²) in [7, 11) is 3.28. The van der Waals surface area contributed by atoms with Crippen molar-refractivity contribution < 1.29 is 9.53 Å². The van der Waals surface area contributed by atoms with Gasteiger partial charge in [0.2, 0.25) is 5.91 Å². The van der Waals surface area contributed by atoms with Crippen LogP contribution in [-0.4, -0.2) is 30.9 Å². The Kier molecular flexibility index (Phi) is 4.49. The lowest BCUT2D eigenvalue weighted by Gasteiger charge is -2.41. The Balaban J connectivity index is 2.02. The van der Waals surface area contributed by atoms with Crippen molar-refractivity contribution in [3.63, 3.8) is 0 Å². The second-order valence-corrected chi connectivity index (χ2v) is 6.35. The van der Waals surface area contributed by atoms with Gasteiger partial charge in [0.1, 0.15) is 5.75 Å². The Morgan fingerprint density at radius 2 is 1.88 bits per heavy atom. The van der Waals surface area contributed by atoms with E-state index in [1.807, 2.05) is 49.4 Å². The summed E-state index contributed by atoms with van der Waals surface area (Å²) < 4.78 is 5.31. The Labute approximate surface area is 148 Å². The molecule has 0 radical (unpaired) electrons. The molecular weight excluding hydrogens is 314 g/mol. The fraction of sp³-hybridized carbons (Fsp3) is 0.300. The molecule has 0 saturated carbocycles. The average Bonchev–Trinajstić information content (AvgIpc) is 2.66. The number of methoxy groups -OCH3 is 1. The van der Waals surface area contributed by atoms with E-state index >= 15 is 0 Å². The number of ether oxygens (including phenoxy) is 1. The minimum Gasteiger partial charge on any atom is -0.497 e. The number of guanidine groups is 1. The van der Waals surface area contributed by atoms with Gasteiger partial charge >= 0.3 is 0 Å². The quantitative estimate of drug-likeness (QED) is 0.899. The molecule has 1 heterocycles. The number of rotatable bonds is 4. The van der Waals surface area contributed by atoms with Crippen LogP contribution in [-0.2, 0) is 10.3 Å². The number of nitrogens with one attached hydrogen (secondary N) is 2. The number of hydrogen-bond donors (Lipinski definition) is 2. The first-order chi connectivity index (χ1) is 12.0. The predicted octanol–water partition coefficient (Wildman–Crippen LogP) is 3.35. The minimum absolute atomic E-state index is 0.0441. The van der Waals surface area contributed by atoms with Crippen LogP contribution in [0.3, 0.4) is 0 Å². The van der Waals surface area contributed by atoms with Crippen LogP contribution in [0.5, 0.6) is 5.75 Å². The largest absolute Gasteiger partial charge is 0.497 e. The van der Waals surface area contributed by atoms with E-state index in [0.717, 1.165) is 28.9 Å². The Bertz CT molecular complexity index is 798. The van der Waals surface area contributed by atoms with E-state index in [9.17, 15) is 4.79 Å². The highest BCUT2D eigenvalue weighted by Gasteiger charge is 2.40. The highest BCUT2D eigenvalue weighted by molar-refractivity contribution is 5.99. The van der Waals surface area contributed by atoms with Crippen molar-refractivity contribution in [1.29, 1.82) is 5.41 Å². The van der Waals surface area contributed by atoms with Crippen molar-refractivity contribution in [1.82, 2.24) is 10.2 Å². The average molecular weight is 337 g/mol. The molecule has 1 amide bonds. The van der Waals surface area contributed by atoms with E-state index in [4.69, 9.17) is 10.1 Å². The van der Waals surface area contributed by atoms with Gasteiger partial charge in [-0.25, -0.2) is 0 Å². The van der Waals surface area contributed by atoms with Crippen molar-refractivity contribution in [3.05, 3.63) is 54.1 Å². The lowest BCUT2D eigenvalue weighted by molar-refractivity contribution is -0.129. The van der Waals surface area contributed by atoms with E-state index in [1.54, 1.807) is 14.2 Å². The number of hydrogen-bond acceptors (Lipinski definition) is 3. The van der Waals surface area contributed by atoms with Crippen molar-refractivity contribution in [3.8, 4) is 16.9 Å². The summed E-state index contributed by atoms with van der Waals surface area (Å²) in [4.78, 5) is 13.7. The highest BCUT2D eigenvalue weighted by Crippen LogP contribution is 2.35. The third-order valence-corrected chi connectivity index (χ3v) is 4.94. The molecule has 0 unspecified atom stereocenters. The molecule has 1 fully saturated rings. The van der Waals surface area contributed by atoms with Gasteiger partial charge < -0.3 is 10.1 Å². The first kappa shape index (κ1) is 17.0. The van der Waals surface area contributed by atoms with Gasteiger partial charge in [0.25, 0.3) is 0 Å². The maximum Gasteiger partial charge on any atom is 0.231 e. The zero-order chi connectivity index (χ0) is 18.0. The van der Waals surface area contributed by atoms with Gasteiger partial charge in [0, 0.05) is 7.05 Å². The van der Waals surface area contributed by atoms with Crippen LogP contribution < -0.4 is 10.1 Å². The Hall–Kier alpha value is -2.82. The molecule has 1 atom stereocenters. The molecule has 130 valence electrons. The first-order valence-corrected chi connectivity index (χ1v) is 8.37. The Morgan fingerprint density at radius 1 is 1.20 bits per heavy atom. The molecule has 5 nitrogen and oxygen atoms in total. The van der Waals surface area contributed by atoms with E-state index < -0.39 is 5.54 Å². The van der Waals surface area contributed by atoms with Crippen LogP contribution >= 0.6 is 0 Å². The van der Waals surface area contributed by atoms with Gasteiger partial charge in [-0.05, 0) is 41.3 Å². The van der Waals surface area contributed by atoms with Crippen LogP contribution in [0.25, 0.3) is 11.1 Å². The van der Waals surface area contributed by atoms with Crippen LogP contribution in [0.2, 0.25) is 0 Å². The summed E-state index contributed by atoms with van der Waals surface area (Å²) in [5.74, 6) is 0.907. The number of benzene rings is 2. The maximum atomic E-state index is 12.3. The zero-order valence-electron chi connectivity index (χ0n) is 14.8. The molecule has 3 rings (SSSR count). The normalized spacial score (nSPS) is 20.4. The SMILES string of the molecule is CC[C@@]1(c2cccc(-c3cccc(OC)c3)c2)CC(=O)N(C)C(=N)N1. The number of carbonyl (C=O) groups is 1. The van der Waals surface area contributed by atoms with E-state index in [-0.39, 0.29) is 11.9 Å². The topological polar surface area (TPSA) is 65.4 Å². The molecule has 25 heavy (non-hydrogen) atoms. The van der Waals surface area contributed by atoms with E-state index in [2.05, 4.69) is 11.4 Å². The van der Waals surface area contributed by atoms with E-state index in [0.29, 0.717) is 6.42 Å². The fourth-order valence-corrected chi connectivity index (χ4v) is 3.25. The Morgan fingerprint density at radius 3 is 2.52 bits per heavy atom. The molecule has 2 aromatic carbocycles. The van der Waals surface area contributed by atoms with Crippen molar-refractivity contribution in [2.24, 2.45) is 0 Å². The monoisotopic (exact) mass is 337 g/mol. The summed E-state index contributed by atoms with van der Waals surface area (Å²) in [6.45, 7) is 2.04. The van der Waals surface area contributed by atoms with Gasteiger partial charge in [-0.2, -0.15) is 0 Å². The predicted molar refractivity (Wildman–Crippen MR) is 98.6 cm³/mol. The second-order valence-electron chi connectivity index (χ2n) is 6.35. The molecule has 1 aliphatic rings. The van der Waals surface area contributed by atoms with Crippen molar-refractivity contribution >= 4 is 11.9 Å². The molecule has 2 aromatic rings. The lowest BCUT2D eigenvalue weighted by Crippen LogP contribution is -2.59. The summed E-state index contributed by atoms with van der Waals surface area (Å²) in [5.41, 5.74) is 2.59. The molecule has 1 saturated heterocycles. The van der Waals surface area contributed by atoms with Crippen LogP contribution in [0.15, 0.2) is 48.5 Å². The zero-order valence-corrected chi connectivity index (χ0v) is 14.8. The third-order valence-electron chi connectivity index (χ3n) is 4.94. The highest BCUT2D eigenvalue weighted by atomic mass is 16.5. The van der Waals surface area contributed by atoms with Crippen LogP contribution in [0.4, 0.5) is 0 Å². The van der Waals surface area contributed by atoms with Gasteiger partial charge in [0.15, 0.2) is 5.96 Å². The summed E-state index contributed by atoms with van der Waals surface area (Å²) >= 11 is 0. The van der Waals surface area contributed by atoms with Gasteiger partial charge in [0.05, 0.1) is 19.1 Å². The van der Waals surface area contributed by atoms with Gasteiger partial charge in [-0.1, -0.05) is 37.3 Å². The number of carbonyl (C=O) groups excluding carboxylic acids is 1. The maximum absolute atomic E-state index is 12.3. The standard InChI is InChI=1S/C20H23N3O2/c1-4-20(13-18(24)23(2)19(21)22-20)16-9-5-7-14(11-16)15-8-6-10-17(12-15)25-3/h5-12H,4,13H2,1-3H3,(H2,21,22)/t20-/m0/s1. The van der Waals surface area contributed by atoms with Gasteiger partial charge in [-0.3, -0.25) is 15.1 Å². The number of nitrogens with zero attached hydrogens (tertiary/aromatic N) is 1. The molecule has 0 aromatic heterocycles. The first-order valence-electron chi connectivity index (χ1n) is 8.37. The fourth-order valence-electron chi connectivity index (χ4n) is 3.25. The van der Waals surface area contributed by atoms with Crippen molar-refractivity contribution in [2.75, 3.05) is 14.2 Å². The van der Waals surface area contributed by atoms with Crippen LogP contribution in [0, 0.1) is 5.41 Å². The molecular formula is C20H23N3O2. The number of amides is 1. The van der Waals surface area contributed by atoms with E-state index in [1.165, 1.54) is 4.90 Å². The minimum atomic E-state index is -0.546. The molecule has 0 bridgehead atoms. The molecule has 0 aliphatic carbocycles. The lowest BCUT2D eigenvalue weighted by atomic mass is 9.81. The summed E-state index contributed by atoms with van der Waals surface area (Å²) in [6.07, 6.45) is 1.06. The van der Waals surface area contributed by atoms with Crippen LogP contribution in [0.1, 0.15) is 25.3 Å².